The minimum atomic E-state index is 0. The lowest BCUT2D eigenvalue weighted by molar-refractivity contribution is -0.902. The molecule has 0 spiro atoms. The van der Waals surface area contributed by atoms with Crippen LogP contribution in [0.25, 0.3) is 0 Å². The molecule has 0 saturated heterocycles. The smallest absolute Gasteiger partial charge is 0.111 e. The van der Waals surface area contributed by atoms with Gasteiger partial charge in [0.25, 0.3) is 0 Å². The van der Waals surface area contributed by atoms with E-state index in [2.05, 4.69) is 63.7 Å². The Balaban J connectivity index is 0.00000256. The quantitative estimate of drug-likeness (QED) is 0.495. The van der Waals surface area contributed by atoms with Crippen LogP contribution < -0.4 is 12.4 Å². The SMILES string of the molecule is C=CC[N+](C)(C)C(C=C)Cc1ccccc1.[Cl-]. The number of nitrogens with zero attached hydrogens (tertiary/aromatic N) is 1. The minimum Gasteiger partial charge on any atom is -1.00 e. The number of benzene rings is 1. The topological polar surface area (TPSA) is 0 Å². The molecule has 1 aromatic rings. The summed E-state index contributed by atoms with van der Waals surface area (Å²) in [7, 11) is 4.44. The third kappa shape index (κ3) is 4.76. The highest BCUT2D eigenvalue weighted by atomic mass is 35.5. The molecule has 1 rings (SSSR count). The summed E-state index contributed by atoms with van der Waals surface area (Å²) in [5, 5.41) is 0. The summed E-state index contributed by atoms with van der Waals surface area (Å²) >= 11 is 0. The van der Waals surface area contributed by atoms with Crippen LogP contribution in [0.2, 0.25) is 0 Å². The van der Waals surface area contributed by atoms with Gasteiger partial charge in [0.05, 0.1) is 20.6 Å². The Morgan fingerprint density at radius 2 is 1.76 bits per heavy atom. The van der Waals surface area contributed by atoms with Crippen molar-refractivity contribution in [1.82, 2.24) is 0 Å². The number of halogens is 1. The molecule has 0 amide bonds. The average Bonchev–Trinajstić information content (AvgIpc) is 2.27. The molecule has 0 N–H and O–H groups in total. The van der Waals surface area contributed by atoms with Crippen LogP contribution in [0.4, 0.5) is 0 Å². The van der Waals surface area contributed by atoms with E-state index in [4.69, 9.17) is 0 Å². The Bertz CT molecular complexity index is 343. The molecule has 0 aliphatic rings. The van der Waals surface area contributed by atoms with Crippen molar-refractivity contribution in [3.8, 4) is 0 Å². The van der Waals surface area contributed by atoms with Gasteiger partial charge < -0.3 is 16.9 Å². The zero-order valence-corrected chi connectivity index (χ0v) is 11.5. The van der Waals surface area contributed by atoms with E-state index in [1.807, 2.05) is 6.08 Å². The van der Waals surface area contributed by atoms with E-state index in [9.17, 15) is 0 Å². The first-order valence-corrected chi connectivity index (χ1v) is 5.70. The van der Waals surface area contributed by atoms with Crippen LogP contribution >= 0.6 is 0 Å². The predicted molar refractivity (Wildman–Crippen MR) is 71.3 cm³/mol. The third-order valence-corrected chi connectivity index (χ3v) is 3.06. The van der Waals surface area contributed by atoms with Gasteiger partial charge in [-0.3, -0.25) is 0 Å². The summed E-state index contributed by atoms with van der Waals surface area (Å²) in [6, 6.07) is 11.0. The van der Waals surface area contributed by atoms with Crippen LogP contribution in [-0.2, 0) is 6.42 Å². The molecule has 0 aromatic heterocycles. The van der Waals surface area contributed by atoms with E-state index in [-0.39, 0.29) is 12.4 Å². The molecule has 94 valence electrons. The second kappa shape index (κ2) is 7.31. The highest BCUT2D eigenvalue weighted by Crippen LogP contribution is 2.14. The molecule has 17 heavy (non-hydrogen) atoms. The van der Waals surface area contributed by atoms with Gasteiger partial charge in [-0.15, -0.1) is 0 Å². The second-order valence-electron chi connectivity index (χ2n) is 4.74. The number of quaternary nitrogens is 1. The van der Waals surface area contributed by atoms with Crippen LogP contribution in [0.3, 0.4) is 0 Å². The van der Waals surface area contributed by atoms with E-state index in [0.717, 1.165) is 17.4 Å². The maximum atomic E-state index is 3.96. The summed E-state index contributed by atoms with van der Waals surface area (Å²) < 4.78 is 0.905. The molecule has 0 saturated carbocycles. The Hall–Kier alpha value is -1.05. The van der Waals surface area contributed by atoms with Crippen LogP contribution in [0.15, 0.2) is 55.6 Å². The molecule has 0 radical (unpaired) electrons. The van der Waals surface area contributed by atoms with Gasteiger partial charge in [-0.1, -0.05) is 43.5 Å². The molecular formula is C15H22ClN. The highest BCUT2D eigenvalue weighted by Gasteiger charge is 2.23. The van der Waals surface area contributed by atoms with Gasteiger partial charge in [-0.25, -0.2) is 0 Å². The normalized spacial score (nSPS) is 12.4. The molecule has 2 heteroatoms. The van der Waals surface area contributed by atoms with E-state index < -0.39 is 0 Å². The van der Waals surface area contributed by atoms with Crippen molar-refractivity contribution in [3.63, 3.8) is 0 Å². The van der Waals surface area contributed by atoms with Gasteiger partial charge >= 0.3 is 0 Å². The fourth-order valence-electron chi connectivity index (χ4n) is 1.94. The van der Waals surface area contributed by atoms with Crippen LogP contribution in [-0.4, -0.2) is 31.2 Å². The summed E-state index contributed by atoms with van der Waals surface area (Å²) in [5.74, 6) is 0. The lowest BCUT2D eigenvalue weighted by Gasteiger charge is -2.35. The Kier molecular flexibility index (Phi) is 6.86. The van der Waals surface area contributed by atoms with E-state index in [1.54, 1.807) is 0 Å². The fourth-order valence-corrected chi connectivity index (χ4v) is 1.94. The maximum absolute atomic E-state index is 3.96. The average molecular weight is 252 g/mol. The Morgan fingerprint density at radius 3 is 2.24 bits per heavy atom. The number of hydrogen-bond donors (Lipinski definition) is 0. The van der Waals surface area contributed by atoms with Gasteiger partial charge in [0.2, 0.25) is 0 Å². The van der Waals surface area contributed by atoms with Crippen LogP contribution in [0.1, 0.15) is 5.56 Å². The van der Waals surface area contributed by atoms with Gasteiger partial charge in [0.1, 0.15) is 6.04 Å². The lowest BCUT2D eigenvalue weighted by Crippen LogP contribution is -3.00. The summed E-state index contributed by atoms with van der Waals surface area (Å²) in [6.07, 6.45) is 5.06. The Morgan fingerprint density at radius 1 is 1.18 bits per heavy atom. The van der Waals surface area contributed by atoms with Crippen molar-refractivity contribution in [3.05, 3.63) is 61.2 Å². The zero-order valence-electron chi connectivity index (χ0n) is 10.8. The van der Waals surface area contributed by atoms with Crippen molar-refractivity contribution in [1.29, 1.82) is 0 Å². The molecule has 1 unspecified atom stereocenters. The molecule has 0 fully saturated rings. The molecule has 0 bridgehead atoms. The summed E-state index contributed by atoms with van der Waals surface area (Å²) in [6.45, 7) is 8.74. The van der Waals surface area contributed by atoms with E-state index in [0.29, 0.717) is 6.04 Å². The molecule has 0 aliphatic carbocycles. The van der Waals surface area contributed by atoms with Crippen molar-refractivity contribution in [2.75, 3.05) is 20.6 Å². The molecular weight excluding hydrogens is 230 g/mol. The largest absolute Gasteiger partial charge is 1.00 e. The number of likely N-dealkylation sites (N-methyl/N-ethyl adjacent to an activating group) is 1. The van der Waals surface area contributed by atoms with Gasteiger partial charge in [0, 0.05) is 6.42 Å². The summed E-state index contributed by atoms with van der Waals surface area (Å²) in [5.41, 5.74) is 1.36. The molecule has 1 aromatic carbocycles. The minimum absolute atomic E-state index is 0. The number of rotatable bonds is 6. The van der Waals surface area contributed by atoms with E-state index >= 15 is 0 Å². The zero-order chi connectivity index (χ0) is 12.0. The molecule has 1 nitrogen and oxygen atoms in total. The number of hydrogen-bond acceptors (Lipinski definition) is 0. The van der Waals surface area contributed by atoms with Crippen molar-refractivity contribution < 1.29 is 16.9 Å². The van der Waals surface area contributed by atoms with Gasteiger partial charge in [0.15, 0.2) is 0 Å². The second-order valence-corrected chi connectivity index (χ2v) is 4.74. The van der Waals surface area contributed by atoms with Crippen LogP contribution in [0.5, 0.6) is 0 Å². The van der Waals surface area contributed by atoms with Gasteiger partial charge in [-0.05, 0) is 17.7 Å². The first-order valence-electron chi connectivity index (χ1n) is 5.70. The Labute approximate surface area is 111 Å². The molecule has 1 atom stereocenters. The fraction of sp³-hybridized carbons (Fsp3) is 0.333. The highest BCUT2D eigenvalue weighted by molar-refractivity contribution is 5.16. The van der Waals surface area contributed by atoms with Crippen molar-refractivity contribution in [2.45, 2.75) is 12.5 Å². The monoisotopic (exact) mass is 251 g/mol. The lowest BCUT2D eigenvalue weighted by atomic mass is 10.0. The van der Waals surface area contributed by atoms with E-state index in [1.165, 1.54) is 5.56 Å². The van der Waals surface area contributed by atoms with Gasteiger partial charge in [-0.2, -0.15) is 0 Å². The molecule has 0 aliphatic heterocycles. The predicted octanol–water partition coefficient (Wildman–Crippen LogP) is 0.0501. The maximum Gasteiger partial charge on any atom is 0.111 e. The first kappa shape index (κ1) is 16.0. The molecule has 0 heterocycles. The summed E-state index contributed by atoms with van der Waals surface area (Å²) in [4.78, 5) is 0. The third-order valence-electron chi connectivity index (χ3n) is 3.06. The van der Waals surface area contributed by atoms with Crippen molar-refractivity contribution in [2.24, 2.45) is 0 Å². The van der Waals surface area contributed by atoms with Crippen LogP contribution in [0, 0.1) is 0 Å². The standard InChI is InChI=1S/C15H22N.ClH/c1-5-12-16(3,4)15(6-2)13-14-10-8-7-9-11-14;/h5-11,15H,1-2,12-13H2,3-4H3;1H/q+1;/p-1. The van der Waals surface area contributed by atoms with Crippen molar-refractivity contribution >= 4 is 0 Å². The first-order chi connectivity index (χ1) is 7.60.